The highest BCUT2D eigenvalue weighted by molar-refractivity contribution is 5.96. The second kappa shape index (κ2) is 10.2. The molecule has 0 spiro atoms. The van der Waals surface area contributed by atoms with Gasteiger partial charge in [-0.15, -0.1) is 0 Å². The van der Waals surface area contributed by atoms with Gasteiger partial charge < -0.3 is 20.4 Å². The van der Waals surface area contributed by atoms with Crippen LogP contribution in [0.2, 0.25) is 0 Å². The van der Waals surface area contributed by atoms with E-state index < -0.39 is 0 Å². The van der Waals surface area contributed by atoms with Crippen LogP contribution in [-0.4, -0.2) is 50.2 Å². The number of anilines is 1. The van der Waals surface area contributed by atoms with E-state index in [2.05, 4.69) is 24.5 Å². The normalized spacial score (nSPS) is 18.2. The number of carbonyl (C=O) groups is 2. The summed E-state index contributed by atoms with van der Waals surface area (Å²) in [6.07, 6.45) is 2.42. The Hall–Kier alpha value is -2.08. The fourth-order valence-corrected chi connectivity index (χ4v) is 3.45. The van der Waals surface area contributed by atoms with E-state index in [0.717, 1.165) is 38.2 Å². The van der Waals surface area contributed by atoms with Crippen LogP contribution < -0.4 is 20.4 Å². The van der Waals surface area contributed by atoms with Crippen molar-refractivity contribution in [1.29, 1.82) is 0 Å². The molecule has 0 aliphatic carbocycles. The number of amides is 3. The molecule has 1 saturated heterocycles. The molecule has 0 unspecified atom stereocenters. The lowest BCUT2D eigenvalue weighted by Gasteiger charge is -2.20. The van der Waals surface area contributed by atoms with Crippen LogP contribution in [0, 0.1) is 0 Å². The third-order valence-electron chi connectivity index (χ3n) is 5.07. The van der Waals surface area contributed by atoms with Gasteiger partial charge in [-0.05, 0) is 45.7 Å². The number of benzene rings is 1. The summed E-state index contributed by atoms with van der Waals surface area (Å²) >= 11 is 0. The molecule has 0 aromatic heterocycles. The van der Waals surface area contributed by atoms with Gasteiger partial charge >= 0.3 is 6.03 Å². The molecular formula is C20H33N4O2+. The average molecular weight is 362 g/mol. The Balaban J connectivity index is 1.72. The SMILES string of the molecule is CC[NH+](CC)CCC[C@@H](C)NC(=O)N[C@@H]1CC(=O)N(c2ccccc2)C1. The molecule has 1 heterocycles. The first-order chi connectivity index (χ1) is 12.5. The van der Waals surface area contributed by atoms with Crippen molar-refractivity contribution in [3.05, 3.63) is 30.3 Å². The van der Waals surface area contributed by atoms with Gasteiger partial charge in [0, 0.05) is 24.7 Å². The van der Waals surface area contributed by atoms with Crippen LogP contribution in [0.3, 0.4) is 0 Å². The Morgan fingerprint density at radius 3 is 2.62 bits per heavy atom. The number of hydrogen-bond acceptors (Lipinski definition) is 2. The van der Waals surface area contributed by atoms with Crippen LogP contribution in [0.4, 0.5) is 10.5 Å². The van der Waals surface area contributed by atoms with Crippen LogP contribution in [-0.2, 0) is 4.79 Å². The number of para-hydroxylation sites is 1. The second-order valence-corrected chi connectivity index (χ2v) is 7.11. The van der Waals surface area contributed by atoms with E-state index in [0.29, 0.717) is 13.0 Å². The largest absolute Gasteiger partial charge is 0.336 e. The van der Waals surface area contributed by atoms with Crippen molar-refractivity contribution < 1.29 is 14.5 Å². The van der Waals surface area contributed by atoms with Gasteiger partial charge in [-0.1, -0.05) is 18.2 Å². The number of carbonyl (C=O) groups excluding carboxylic acids is 2. The highest BCUT2D eigenvalue weighted by Crippen LogP contribution is 2.20. The van der Waals surface area contributed by atoms with E-state index in [9.17, 15) is 9.59 Å². The van der Waals surface area contributed by atoms with E-state index in [1.807, 2.05) is 37.3 Å². The Labute approximate surface area is 156 Å². The molecule has 3 N–H and O–H groups in total. The lowest BCUT2D eigenvalue weighted by Crippen LogP contribution is -3.11. The predicted molar refractivity (Wildman–Crippen MR) is 104 cm³/mol. The lowest BCUT2D eigenvalue weighted by atomic mass is 10.2. The predicted octanol–water partition coefficient (Wildman–Crippen LogP) is 1.18. The van der Waals surface area contributed by atoms with Crippen molar-refractivity contribution in [2.75, 3.05) is 31.1 Å². The maximum absolute atomic E-state index is 12.2. The molecule has 0 saturated carbocycles. The van der Waals surface area contributed by atoms with Crippen molar-refractivity contribution in [3.8, 4) is 0 Å². The molecule has 2 atom stereocenters. The van der Waals surface area contributed by atoms with Crippen molar-refractivity contribution in [3.63, 3.8) is 0 Å². The molecule has 6 heteroatoms. The molecule has 1 aromatic carbocycles. The van der Waals surface area contributed by atoms with E-state index >= 15 is 0 Å². The molecule has 1 aromatic rings. The number of rotatable bonds is 9. The first-order valence-corrected chi connectivity index (χ1v) is 9.79. The zero-order valence-electron chi connectivity index (χ0n) is 16.3. The molecule has 144 valence electrons. The van der Waals surface area contributed by atoms with Crippen LogP contribution in [0.15, 0.2) is 30.3 Å². The summed E-state index contributed by atoms with van der Waals surface area (Å²) in [5, 5.41) is 5.94. The Kier molecular flexibility index (Phi) is 7.91. The molecule has 1 aliphatic rings. The summed E-state index contributed by atoms with van der Waals surface area (Å²) in [7, 11) is 0. The van der Waals surface area contributed by atoms with Crippen molar-refractivity contribution in [2.45, 2.75) is 52.1 Å². The zero-order chi connectivity index (χ0) is 18.9. The van der Waals surface area contributed by atoms with E-state index in [-0.39, 0.29) is 24.0 Å². The average Bonchev–Trinajstić information content (AvgIpc) is 2.99. The molecule has 0 radical (unpaired) electrons. The quantitative estimate of drug-likeness (QED) is 0.618. The maximum Gasteiger partial charge on any atom is 0.315 e. The minimum Gasteiger partial charge on any atom is -0.336 e. The van der Waals surface area contributed by atoms with Crippen molar-refractivity contribution in [1.82, 2.24) is 10.6 Å². The lowest BCUT2D eigenvalue weighted by molar-refractivity contribution is -0.896. The van der Waals surface area contributed by atoms with Crippen LogP contribution >= 0.6 is 0 Å². The molecule has 1 fully saturated rings. The van der Waals surface area contributed by atoms with Gasteiger partial charge in [-0.25, -0.2) is 4.79 Å². The monoisotopic (exact) mass is 361 g/mol. The van der Waals surface area contributed by atoms with E-state index in [4.69, 9.17) is 0 Å². The highest BCUT2D eigenvalue weighted by Gasteiger charge is 2.31. The first-order valence-electron chi connectivity index (χ1n) is 9.79. The first kappa shape index (κ1) is 20.2. The maximum atomic E-state index is 12.2. The molecular weight excluding hydrogens is 328 g/mol. The third kappa shape index (κ3) is 6.02. The minimum absolute atomic E-state index is 0.0525. The Morgan fingerprint density at radius 2 is 1.96 bits per heavy atom. The van der Waals surface area contributed by atoms with Gasteiger partial charge in [0.15, 0.2) is 0 Å². The van der Waals surface area contributed by atoms with Crippen LogP contribution in [0.1, 0.15) is 40.0 Å². The summed E-state index contributed by atoms with van der Waals surface area (Å²) in [5.74, 6) is 0.0525. The molecule has 3 amide bonds. The van der Waals surface area contributed by atoms with Gasteiger partial charge in [-0.3, -0.25) is 4.79 Å². The number of urea groups is 1. The fraction of sp³-hybridized carbons (Fsp3) is 0.600. The van der Waals surface area contributed by atoms with Gasteiger partial charge in [0.05, 0.1) is 25.7 Å². The van der Waals surface area contributed by atoms with Gasteiger partial charge in [0.2, 0.25) is 5.91 Å². The molecule has 0 bridgehead atoms. The van der Waals surface area contributed by atoms with Crippen molar-refractivity contribution >= 4 is 17.6 Å². The number of nitrogens with one attached hydrogen (secondary N) is 3. The fourth-order valence-electron chi connectivity index (χ4n) is 3.45. The summed E-state index contributed by atoms with van der Waals surface area (Å²) in [5.41, 5.74) is 0.884. The Bertz CT molecular complexity index is 574. The van der Waals surface area contributed by atoms with Gasteiger partial charge in [-0.2, -0.15) is 0 Å². The summed E-state index contributed by atoms with van der Waals surface area (Å²) < 4.78 is 0. The summed E-state index contributed by atoms with van der Waals surface area (Å²) in [6, 6.07) is 9.40. The summed E-state index contributed by atoms with van der Waals surface area (Å²) in [4.78, 5) is 27.7. The smallest absolute Gasteiger partial charge is 0.315 e. The molecule has 26 heavy (non-hydrogen) atoms. The molecule has 1 aliphatic heterocycles. The van der Waals surface area contributed by atoms with E-state index in [1.165, 1.54) is 0 Å². The minimum atomic E-state index is -0.180. The van der Waals surface area contributed by atoms with Crippen molar-refractivity contribution in [2.24, 2.45) is 0 Å². The van der Waals surface area contributed by atoms with Crippen LogP contribution in [0.5, 0.6) is 0 Å². The van der Waals surface area contributed by atoms with Gasteiger partial charge in [0.1, 0.15) is 0 Å². The van der Waals surface area contributed by atoms with Crippen LogP contribution in [0.25, 0.3) is 0 Å². The topological polar surface area (TPSA) is 65.9 Å². The third-order valence-corrected chi connectivity index (χ3v) is 5.07. The van der Waals surface area contributed by atoms with Gasteiger partial charge in [0.25, 0.3) is 0 Å². The Morgan fingerprint density at radius 1 is 1.27 bits per heavy atom. The molecule has 6 nitrogen and oxygen atoms in total. The second-order valence-electron chi connectivity index (χ2n) is 7.11. The highest BCUT2D eigenvalue weighted by atomic mass is 16.2. The molecule has 2 rings (SSSR count). The van der Waals surface area contributed by atoms with E-state index in [1.54, 1.807) is 9.80 Å². The zero-order valence-corrected chi connectivity index (χ0v) is 16.3. The number of nitrogens with zero attached hydrogens (tertiary/aromatic N) is 1. The number of hydrogen-bond donors (Lipinski definition) is 3. The standard InChI is InChI=1S/C20H32N4O2/c1-4-23(5-2)13-9-10-16(3)21-20(26)22-17-14-19(25)24(15-17)18-11-7-6-8-12-18/h6-8,11-12,16-17H,4-5,9-10,13-15H2,1-3H3,(H2,21,22,26)/p+1/t16-,17-/m1/s1. The number of quaternary nitrogens is 1. The summed E-state index contributed by atoms with van der Waals surface area (Å²) in [6.45, 7) is 10.4.